The minimum Gasteiger partial charge on any atom is -0.456 e. The van der Waals surface area contributed by atoms with E-state index in [-0.39, 0.29) is 18.5 Å². The van der Waals surface area contributed by atoms with Crippen molar-refractivity contribution in [1.82, 2.24) is 0 Å². The van der Waals surface area contributed by atoms with Gasteiger partial charge in [0, 0.05) is 0 Å². The second kappa shape index (κ2) is 8.61. The number of rotatable bonds is 7. The number of carbonyl (C=O) groups is 1. The van der Waals surface area contributed by atoms with Gasteiger partial charge >= 0.3 is 13.6 Å². The lowest BCUT2D eigenvalue weighted by Gasteiger charge is -2.24. The number of benzene rings is 1. The summed E-state index contributed by atoms with van der Waals surface area (Å²) in [6.07, 6.45) is 1.51. The Morgan fingerprint density at radius 1 is 1.08 bits per heavy atom. The predicted molar refractivity (Wildman–Crippen MR) is 95.9 cm³/mol. The van der Waals surface area contributed by atoms with Crippen molar-refractivity contribution < 1.29 is 23.1 Å². The van der Waals surface area contributed by atoms with E-state index in [1.54, 1.807) is 34.6 Å². The van der Waals surface area contributed by atoms with E-state index in [0.29, 0.717) is 0 Å². The monoisotopic (exact) mass is 354 g/mol. The average molecular weight is 354 g/mol. The van der Waals surface area contributed by atoms with Crippen molar-refractivity contribution in [2.45, 2.75) is 47.1 Å². The van der Waals surface area contributed by atoms with Crippen LogP contribution in [0, 0.1) is 6.92 Å². The first-order valence-electron chi connectivity index (χ1n) is 8.02. The van der Waals surface area contributed by atoms with Gasteiger partial charge in [-0.25, -0.2) is 4.79 Å². The van der Waals surface area contributed by atoms with E-state index < -0.39 is 19.2 Å². The van der Waals surface area contributed by atoms with Gasteiger partial charge in [-0.2, -0.15) is 0 Å². The van der Waals surface area contributed by atoms with Gasteiger partial charge in [-0.3, -0.25) is 4.57 Å². The number of ether oxygens (including phenoxy) is 1. The van der Waals surface area contributed by atoms with Gasteiger partial charge in [0.15, 0.2) is 0 Å². The van der Waals surface area contributed by atoms with E-state index in [0.717, 1.165) is 11.1 Å². The van der Waals surface area contributed by atoms with Crippen LogP contribution < -0.4 is 0 Å². The molecule has 24 heavy (non-hydrogen) atoms. The first-order valence-corrected chi connectivity index (χ1v) is 9.57. The number of aryl methyl sites for hydroxylation is 1. The molecular weight excluding hydrogens is 327 g/mol. The highest BCUT2D eigenvalue weighted by atomic mass is 31.2. The third kappa shape index (κ3) is 6.23. The van der Waals surface area contributed by atoms with Crippen molar-refractivity contribution in [3.8, 4) is 0 Å². The normalized spacial score (nSPS) is 13.0. The van der Waals surface area contributed by atoms with Crippen LogP contribution in [-0.4, -0.2) is 24.8 Å². The number of carbonyl (C=O) groups excluding carboxylic acids is 1. The van der Waals surface area contributed by atoms with Gasteiger partial charge in [0.1, 0.15) is 10.9 Å². The van der Waals surface area contributed by atoms with E-state index in [4.69, 9.17) is 13.8 Å². The Hall–Kier alpha value is -1.42. The second-order valence-corrected chi connectivity index (χ2v) is 8.27. The molecule has 0 bridgehead atoms. The maximum absolute atomic E-state index is 13.1. The van der Waals surface area contributed by atoms with Crippen LogP contribution in [-0.2, 0) is 23.1 Å². The maximum Gasteiger partial charge on any atom is 0.368 e. The van der Waals surface area contributed by atoms with Crippen LogP contribution in [0.4, 0.5) is 0 Å². The van der Waals surface area contributed by atoms with Crippen molar-refractivity contribution >= 4 is 19.6 Å². The smallest absolute Gasteiger partial charge is 0.368 e. The fourth-order valence-corrected chi connectivity index (χ4v) is 3.53. The summed E-state index contributed by atoms with van der Waals surface area (Å²) in [5.41, 5.74) is 1.09. The van der Waals surface area contributed by atoms with Crippen molar-refractivity contribution in [2.24, 2.45) is 0 Å². The lowest BCUT2D eigenvalue weighted by Crippen LogP contribution is -2.25. The van der Waals surface area contributed by atoms with Gasteiger partial charge in [-0.1, -0.05) is 29.8 Å². The van der Waals surface area contributed by atoms with Crippen LogP contribution in [0.2, 0.25) is 0 Å². The Labute approximate surface area is 144 Å². The van der Waals surface area contributed by atoms with Crippen molar-refractivity contribution in [3.63, 3.8) is 0 Å². The largest absolute Gasteiger partial charge is 0.456 e. The molecule has 0 spiro atoms. The molecule has 5 nitrogen and oxygen atoms in total. The molecule has 0 saturated heterocycles. The lowest BCUT2D eigenvalue weighted by molar-refractivity contribution is -0.149. The van der Waals surface area contributed by atoms with Gasteiger partial charge in [0.05, 0.1) is 13.2 Å². The summed E-state index contributed by atoms with van der Waals surface area (Å²) in [4.78, 5) is 12.6. The molecule has 0 aliphatic rings. The molecule has 0 fully saturated rings. The number of hydrogen-bond acceptors (Lipinski definition) is 5. The summed E-state index contributed by atoms with van der Waals surface area (Å²) in [6, 6.07) is 7.49. The van der Waals surface area contributed by atoms with E-state index in [1.165, 1.54) is 6.08 Å². The molecule has 0 unspecified atom stereocenters. The Morgan fingerprint density at radius 3 is 2.00 bits per heavy atom. The fraction of sp³-hybridized carbons (Fsp3) is 0.500. The van der Waals surface area contributed by atoms with Gasteiger partial charge in [0.25, 0.3) is 0 Å². The Morgan fingerprint density at radius 2 is 1.58 bits per heavy atom. The lowest BCUT2D eigenvalue weighted by atomic mass is 10.1. The van der Waals surface area contributed by atoms with Crippen molar-refractivity contribution in [2.75, 3.05) is 13.2 Å². The summed E-state index contributed by atoms with van der Waals surface area (Å²) in [7, 11) is -3.76. The van der Waals surface area contributed by atoms with Crippen LogP contribution in [0.15, 0.2) is 29.6 Å². The van der Waals surface area contributed by atoms with Crippen LogP contribution >= 0.6 is 7.60 Å². The third-order valence-electron chi connectivity index (χ3n) is 2.88. The third-order valence-corrected chi connectivity index (χ3v) is 4.98. The Balaban J connectivity index is 3.36. The Kier molecular flexibility index (Phi) is 7.40. The minimum absolute atomic E-state index is 0.0926. The molecule has 0 amide bonds. The molecule has 0 saturated carbocycles. The SMILES string of the molecule is CCOP(=O)(OCC)/C(=C/c1ccc(C)cc1)C(=O)OC(C)(C)C. The van der Waals surface area contributed by atoms with Crippen molar-refractivity contribution in [1.29, 1.82) is 0 Å². The number of hydrogen-bond donors (Lipinski definition) is 0. The number of esters is 1. The summed E-state index contributed by atoms with van der Waals surface area (Å²) in [5.74, 6) is -0.701. The quantitative estimate of drug-likeness (QED) is 0.394. The molecule has 0 N–H and O–H groups in total. The second-order valence-electron chi connectivity index (χ2n) is 6.28. The molecular formula is C18H27O5P. The summed E-state index contributed by atoms with van der Waals surface area (Å²) in [6.45, 7) is 10.9. The van der Waals surface area contributed by atoms with Gasteiger partial charge in [-0.05, 0) is 53.2 Å². The van der Waals surface area contributed by atoms with Gasteiger partial charge < -0.3 is 13.8 Å². The zero-order valence-electron chi connectivity index (χ0n) is 15.3. The molecule has 0 aliphatic carbocycles. The van der Waals surface area contributed by atoms with Gasteiger partial charge in [0.2, 0.25) is 0 Å². The van der Waals surface area contributed by atoms with Gasteiger partial charge in [-0.15, -0.1) is 0 Å². The predicted octanol–water partition coefficient (Wildman–Crippen LogP) is 4.94. The first kappa shape index (κ1) is 20.6. The minimum atomic E-state index is -3.76. The summed E-state index contributed by atoms with van der Waals surface area (Å²) in [5, 5.41) is -0.0926. The first-order chi connectivity index (χ1) is 11.1. The van der Waals surface area contributed by atoms with E-state index in [2.05, 4.69) is 0 Å². The van der Waals surface area contributed by atoms with Crippen LogP contribution in [0.1, 0.15) is 45.7 Å². The molecule has 0 aromatic heterocycles. The molecule has 1 rings (SSSR count). The molecule has 1 aromatic rings. The molecule has 0 heterocycles. The van der Waals surface area contributed by atoms with E-state index in [9.17, 15) is 9.36 Å². The molecule has 6 heteroatoms. The molecule has 0 atom stereocenters. The van der Waals surface area contributed by atoms with Crippen LogP contribution in [0.25, 0.3) is 6.08 Å². The van der Waals surface area contributed by atoms with E-state index >= 15 is 0 Å². The highest BCUT2D eigenvalue weighted by Gasteiger charge is 2.37. The maximum atomic E-state index is 13.1. The fourth-order valence-electron chi connectivity index (χ4n) is 1.92. The zero-order valence-corrected chi connectivity index (χ0v) is 16.2. The van der Waals surface area contributed by atoms with Crippen LogP contribution in [0.5, 0.6) is 0 Å². The topological polar surface area (TPSA) is 61.8 Å². The summed E-state index contributed by atoms with van der Waals surface area (Å²) >= 11 is 0. The highest BCUT2D eigenvalue weighted by molar-refractivity contribution is 7.60. The Bertz CT molecular complexity index is 616. The molecule has 134 valence electrons. The van der Waals surface area contributed by atoms with Crippen molar-refractivity contribution in [3.05, 3.63) is 40.7 Å². The average Bonchev–Trinajstić information content (AvgIpc) is 2.45. The molecule has 0 aliphatic heterocycles. The summed E-state index contributed by atoms with van der Waals surface area (Å²) < 4.78 is 29.1. The standard InChI is InChI=1S/C18H27O5P/c1-7-21-24(20,22-8-2)16(17(19)23-18(4,5)6)13-15-11-9-14(3)10-12-15/h9-13H,7-8H2,1-6H3/b16-13+. The zero-order chi connectivity index (χ0) is 18.4. The van der Waals surface area contributed by atoms with E-state index in [1.807, 2.05) is 31.2 Å². The molecule has 1 aromatic carbocycles. The molecule has 0 radical (unpaired) electrons. The highest BCUT2D eigenvalue weighted by Crippen LogP contribution is 2.57. The van der Waals surface area contributed by atoms with Crippen LogP contribution in [0.3, 0.4) is 0 Å².